The van der Waals surface area contributed by atoms with Crippen molar-refractivity contribution in [3.63, 3.8) is 0 Å². The van der Waals surface area contributed by atoms with Crippen LogP contribution in [0.2, 0.25) is 0 Å². The predicted molar refractivity (Wildman–Crippen MR) is 152 cm³/mol. The first-order valence-electron chi connectivity index (χ1n) is 12.8. The van der Waals surface area contributed by atoms with Crippen LogP contribution in [-0.2, 0) is 10.5 Å². The minimum atomic E-state index is -1.06. The molecule has 3 heterocycles. The molecule has 1 aliphatic rings. The third-order valence-corrected chi connectivity index (χ3v) is 8.32. The SMILES string of the molecule is CCOc1ccc(C2C(C(=O)c3ccc(C)o3)=C(O)C(=O)N2c2nnc(SCc3ccccc3F)s2)cc1OCC. The fourth-order valence-corrected chi connectivity index (χ4v) is 6.24. The number of aryl methyl sites for hydroxylation is 1. The average molecular weight is 596 g/mol. The van der Waals surface area contributed by atoms with Gasteiger partial charge in [-0.2, -0.15) is 0 Å². The van der Waals surface area contributed by atoms with Crippen LogP contribution in [0.1, 0.15) is 47.3 Å². The number of Topliss-reactive ketones (excluding diaryl/α,β-unsaturated/α-hetero) is 1. The van der Waals surface area contributed by atoms with E-state index < -0.39 is 23.5 Å². The molecule has 0 saturated heterocycles. The Balaban J connectivity index is 1.54. The Morgan fingerprint density at radius 3 is 2.56 bits per heavy atom. The molecular formula is C29H26FN3O6S2. The molecule has 9 nitrogen and oxygen atoms in total. The fraction of sp³-hybridized carbons (Fsp3) is 0.241. The number of ketones is 1. The number of rotatable bonds is 11. The Bertz CT molecular complexity index is 1630. The van der Waals surface area contributed by atoms with E-state index in [1.165, 1.54) is 28.8 Å². The summed E-state index contributed by atoms with van der Waals surface area (Å²) < 4.78 is 31.6. The standard InChI is InChI=1S/C29H26FN3O6S2/c1-4-37-20-13-11-17(14-22(20)38-5-2)24-23(25(34)21-12-10-16(3)39-21)26(35)27(36)33(24)28-31-32-29(41-28)40-15-18-8-6-7-9-19(18)30/h6-14,24,35H,4-5,15H2,1-3H3. The van der Waals surface area contributed by atoms with Crippen LogP contribution in [0.4, 0.5) is 9.52 Å². The highest BCUT2D eigenvalue weighted by molar-refractivity contribution is 8.00. The van der Waals surface area contributed by atoms with E-state index in [2.05, 4.69) is 10.2 Å². The number of aliphatic hydroxyl groups excluding tert-OH is 1. The molecule has 212 valence electrons. The highest BCUT2D eigenvalue weighted by atomic mass is 32.2. The predicted octanol–water partition coefficient (Wildman–Crippen LogP) is 6.45. The quantitative estimate of drug-likeness (QED) is 0.119. The van der Waals surface area contributed by atoms with Crippen LogP contribution < -0.4 is 14.4 Å². The Morgan fingerprint density at radius 1 is 1.10 bits per heavy atom. The monoisotopic (exact) mass is 595 g/mol. The normalized spacial score (nSPS) is 15.1. The van der Waals surface area contributed by atoms with Crippen LogP contribution in [0.5, 0.6) is 11.5 Å². The van der Waals surface area contributed by atoms with Gasteiger partial charge in [0.15, 0.2) is 27.4 Å². The molecule has 0 fully saturated rings. The lowest BCUT2D eigenvalue weighted by atomic mass is 9.95. The van der Waals surface area contributed by atoms with Crippen molar-refractivity contribution in [3.05, 3.63) is 94.4 Å². The van der Waals surface area contributed by atoms with Crippen LogP contribution in [0.15, 0.2) is 74.7 Å². The third kappa shape index (κ3) is 5.70. The second kappa shape index (κ2) is 12.1. The minimum absolute atomic E-state index is 0.0157. The molecule has 2 aromatic carbocycles. The van der Waals surface area contributed by atoms with Gasteiger partial charge in [0.1, 0.15) is 11.6 Å². The summed E-state index contributed by atoms with van der Waals surface area (Å²) >= 11 is 2.36. The topological polar surface area (TPSA) is 115 Å². The Kier molecular flexibility index (Phi) is 8.41. The molecule has 5 rings (SSSR count). The van der Waals surface area contributed by atoms with Gasteiger partial charge in [0.05, 0.1) is 24.8 Å². The molecular weight excluding hydrogens is 569 g/mol. The van der Waals surface area contributed by atoms with Crippen LogP contribution in [0.3, 0.4) is 0 Å². The number of thioether (sulfide) groups is 1. The first-order valence-corrected chi connectivity index (χ1v) is 14.6. The molecule has 1 unspecified atom stereocenters. The first kappa shape index (κ1) is 28.4. The van der Waals surface area contributed by atoms with Gasteiger partial charge in [-0.15, -0.1) is 10.2 Å². The molecule has 1 aliphatic heterocycles. The number of carbonyl (C=O) groups excluding carboxylic acids is 2. The number of hydrogen-bond acceptors (Lipinski definition) is 10. The summed E-state index contributed by atoms with van der Waals surface area (Å²) in [7, 11) is 0. The summed E-state index contributed by atoms with van der Waals surface area (Å²) in [6.07, 6.45) is 0. The van der Waals surface area contributed by atoms with Crippen molar-refractivity contribution in [3.8, 4) is 11.5 Å². The molecule has 2 aromatic heterocycles. The molecule has 41 heavy (non-hydrogen) atoms. The lowest BCUT2D eigenvalue weighted by Crippen LogP contribution is -2.31. The van der Waals surface area contributed by atoms with Gasteiger partial charge in [0, 0.05) is 5.75 Å². The Hall–Kier alpha value is -4.16. The van der Waals surface area contributed by atoms with Crippen molar-refractivity contribution in [2.45, 2.75) is 36.9 Å². The summed E-state index contributed by atoms with van der Waals surface area (Å²) in [5, 5.41) is 19.6. The molecule has 0 spiro atoms. The van der Waals surface area contributed by atoms with Crippen molar-refractivity contribution in [2.75, 3.05) is 18.1 Å². The van der Waals surface area contributed by atoms with Crippen molar-refractivity contribution in [2.24, 2.45) is 0 Å². The number of aliphatic hydroxyl groups is 1. The van der Waals surface area contributed by atoms with E-state index in [1.54, 1.807) is 49.4 Å². The summed E-state index contributed by atoms with van der Waals surface area (Å²) in [6.45, 7) is 6.13. The molecule has 1 atom stereocenters. The van der Waals surface area contributed by atoms with Crippen molar-refractivity contribution in [1.29, 1.82) is 0 Å². The van der Waals surface area contributed by atoms with E-state index in [0.717, 1.165) is 11.3 Å². The summed E-state index contributed by atoms with van der Waals surface area (Å²) in [6, 6.07) is 13.6. The third-order valence-electron chi connectivity index (χ3n) is 6.21. The maximum atomic E-state index is 14.1. The van der Waals surface area contributed by atoms with Gasteiger partial charge >= 0.3 is 0 Å². The highest BCUT2D eigenvalue weighted by Gasteiger charge is 2.47. The van der Waals surface area contributed by atoms with Gasteiger partial charge < -0.3 is 19.0 Å². The molecule has 1 amide bonds. The number of carbonyl (C=O) groups is 2. The fourth-order valence-electron chi connectivity index (χ4n) is 4.39. The van der Waals surface area contributed by atoms with E-state index in [1.807, 2.05) is 13.8 Å². The molecule has 1 N–H and O–H groups in total. The average Bonchev–Trinajstić information content (AvgIpc) is 3.67. The number of halogens is 1. The number of benzene rings is 2. The van der Waals surface area contributed by atoms with Crippen LogP contribution in [0, 0.1) is 12.7 Å². The van der Waals surface area contributed by atoms with E-state index >= 15 is 0 Å². The zero-order valence-corrected chi connectivity index (χ0v) is 24.1. The smallest absolute Gasteiger partial charge is 0.296 e. The number of ether oxygens (including phenoxy) is 2. The number of hydrogen-bond donors (Lipinski definition) is 1. The van der Waals surface area contributed by atoms with Crippen LogP contribution in [-0.4, -0.2) is 40.2 Å². The van der Waals surface area contributed by atoms with Crippen LogP contribution >= 0.6 is 23.1 Å². The van der Waals surface area contributed by atoms with Crippen LogP contribution in [0.25, 0.3) is 0 Å². The molecule has 0 bridgehead atoms. The number of nitrogens with zero attached hydrogens (tertiary/aromatic N) is 3. The summed E-state index contributed by atoms with van der Waals surface area (Å²) in [5.41, 5.74) is 0.826. The van der Waals surface area contributed by atoms with Gasteiger partial charge in [-0.05, 0) is 62.2 Å². The summed E-state index contributed by atoms with van der Waals surface area (Å²) in [5.74, 6) is -0.770. The zero-order valence-electron chi connectivity index (χ0n) is 22.4. The van der Waals surface area contributed by atoms with Crippen molar-refractivity contribution in [1.82, 2.24) is 10.2 Å². The van der Waals surface area contributed by atoms with E-state index in [4.69, 9.17) is 13.9 Å². The number of anilines is 1. The van der Waals surface area contributed by atoms with E-state index in [-0.39, 0.29) is 22.3 Å². The minimum Gasteiger partial charge on any atom is -0.503 e. The van der Waals surface area contributed by atoms with Gasteiger partial charge in [-0.25, -0.2) is 4.39 Å². The second-order valence-corrected chi connectivity index (χ2v) is 11.1. The highest BCUT2D eigenvalue weighted by Crippen LogP contribution is 2.45. The summed E-state index contributed by atoms with van der Waals surface area (Å²) in [4.78, 5) is 28.4. The molecule has 0 saturated carbocycles. The number of amides is 1. The second-order valence-electron chi connectivity index (χ2n) is 8.88. The first-order chi connectivity index (χ1) is 19.8. The van der Waals surface area contributed by atoms with Gasteiger partial charge in [0.2, 0.25) is 10.9 Å². The largest absolute Gasteiger partial charge is 0.503 e. The molecule has 4 aromatic rings. The van der Waals surface area contributed by atoms with Gasteiger partial charge in [0.25, 0.3) is 5.91 Å². The zero-order chi connectivity index (χ0) is 29.1. The van der Waals surface area contributed by atoms with E-state index in [0.29, 0.717) is 51.7 Å². The maximum absolute atomic E-state index is 14.1. The lowest BCUT2D eigenvalue weighted by molar-refractivity contribution is -0.117. The maximum Gasteiger partial charge on any atom is 0.296 e. The molecule has 0 aliphatic carbocycles. The van der Waals surface area contributed by atoms with Crippen molar-refractivity contribution >= 4 is 39.9 Å². The van der Waals surface area contributed by atoms with E-state index in [9.17, 15) is 19.1 Å². The lowest BCUT2D eigenvalue weighted by Gasteiger charge is -2.24. The van der Waals surface area contributed by atoms with Crippen molar-refractivity contribution < 1.29 is 33.0 Å². The Labute approximate surface area is 243 Å². The number of furan rings is 1. The number of aromatic nitrogens is 2. The Morgan fingerprint density at radius 2 is 1.85 bits per heavy atom. The van der Waals surface area contributed by atoms with Gasteiger partial charge in [-0.1, -0.05) is 47.4 Å². The molecule has 0 radical (unpaired) electrons. The van der Waals surface area contributed by atoms with Gasteiger partial charge in [-0.3, -0.25) is 14.5 Å². The molecule has 12 heteroatoms.